The molecule has 5 aliphatic carbocycles. The summed E-state index contributed by atoms with van der Waals surface area (Å²) in [6.07, 6.45) is 10.6. The van der Waals surface area contributed by atoms with Crippen LogP contribution in [-0.2, 0) is 9.53 Å². The van der Waals surface area contributed by atoms with Crippen LogP contribution in [0.3, 0.4) is 0 Å². The quantitative estimate of drug-likeness (QED) is 0.470. The minimum Gasteiger partial charge on any atom is -0.479 e. The molecule has 0 spiro atoms. The molecule has 6 rings (SSSR count). The number of aliphatic hydroxyl groups is 1. The van der Waals surface area contributed by atoms with E-state index in [1.54, 1.807) is 0 Å². The zero-order chi connectivity index (χ0) is 24.7. The van der Waals surface area contributed by atoms with Crippen molar-refractivity contribution >= 4 is 5.97 Å². The zero-order valence-electron chi connectivity index (χ0n) is 22.7. The standard InChI is InChI=1S/C30H48O4/c1-24(2)12-14-29-15-13-27(6)18(21(29)22(24)34-17-29)8-9-20-26(5)16-30(33,23(31)32)25(3,4)19(26)10-11-28(20,27)7/h18-22,33H,8-17H2,1-7H3,(H,31,32)/t18?,19?,20?,21?,22?,26-,27+,28+,29?,30?/m0/s1. The second kappa shape index (κ2) is 6.44. The molecule has 1 aliphatic heterocycles. The smallest absolute Gasteiger partial charge is 0.336 e. The van der Waals surface area contributed by atoms with Crippen molar-refractivity contribution in [2.75, 3.05) is 6.61 Å². The van der Waals surface area contributed by atoms with Gasteiger partial charge in [-0.05, 0) is 109 Å². The Bertz CT molecular complexity index is 925. The molecule has 5 saturated carbocycles. The molecule has 2 bridgehead atoms. The summed E-state index contributed by atoms with van der Waals surface area (Å²) in [5, 5.41) is 21.7. The normalized spacial score (nSPS) is 58.9. The van der Waals surface area contributed by atoms with Crippen LogP contribution in [0.2, 0.25) is 0 Å². The third-order valence-corrected chi connectivity index (χ3v) is 14.3. The maximum Gasteiger partial charge on any atom is 0.336 e. The van der Waals surface area contributed by atoms with E-state index in [0.717, 1.165) is 13.0 Å². The van der Waals surface area contributed by atoms with Crippen LogP contribution in [-0.4, -0.2) is 34.5 Å². The molecule has 192 valence electrons. The van der Waals surface area contributed by atoms with Crippen molar-refractivity contribution in [3.05, 3.63) is 0 Å². The van der Waals surface area contributed by atoms with Gasteiger partial charge in [0.2, 0.25) is 0 Å². The van der Waals surface area contributed by atoms with Gasteiger partial charge >= 0.3 is 5.97 Å². The Labute approximate surface area is 206 Å². The molecular weight excluding hydrogens is 424 g/mol. The van der Waals surface area contributed by atoms with E-state index in [-0.39, 0.29) is 27.6 Å². The summed E-state index contributed by atoms with van der Waals surface area (Å²) >= 11 is 0. The average molecular weight is 473 g/mol. The topological polar surface area (TPSA) is 66.8 Å². The summed E-state index contributed by atoms with van der Waals surface area (Å²) in [5.41, 5.74) is -1.27. The number of carbonyl (C=O) groups is 1. The van der Waals surface area contributed by atoms with Crippen molar-refractivity contribution in [3.8, 4) is 0 Å². The SMILES string of the molecule is CC1(C)CCC23CC[C@]4(C)C(CCC5[C@@]6(C)CC(O)(C(=O)O)C(C)(C)C6CC[C@]54C)C2C1OC3. The number of ether oxygens (including phenoxy) is 1. The fourth-order valence-electron chi connectivity index (χ4n) is 12.2. The van der Waals surface area contributed by atoms with Gasteiger partial charge in [0.15, 0.2) is 5.60 Å². The van der Waals surface area contributed by atoms with Gasteiger partial charge < -0.3 is 14.9 Å². The molecule has 0 aromatic heterocycles. The maximum atomic E-state index is 12.4. The first-order chi connectivity index (χ1) is 15.6. The number of aliphatic carboxylic acids is 1. The number of fused-ring (bicyclic) bond motifs is 5. The highest BCUT2D eigenvalue weighted by Gasteiger charge is 2.76. The summed E-state index contributed by atoms with van der Waals surface area (Å²) in [7, 11) is 0. The zero-order valence-corrected chi connectivity index (χ0v) is 22.7. The van der Waals surface area contributed by atoms with Crippen LogP contribution in [0.4, 0.5) is 0 Å². The lowest BCUT2D eigenvalue weighted by molar-refractivity contribution is -0.226. The lowest BCUT2D eigenvalue weighted by Crippen LogP contribution is -2.65. The van der Waals surface area contributed by atoms with E-state index in [9.17, 15) is 15.0 Å². The van der Waals surface area contributed by atoms with E-state index in [1.807, 2.05) is 13.8 Å². The van der Waals surface area contributed by atoms with Crippen LogP contribution in [0.25, 0.3) is 0 Å². The molecule has 4 heteroatoms. The third kappa shape index (κ3) is 2.38. The van der Waals surface area contributed by atoms with E-state index >= 15 is 0 Å². The Morgan fingerprint density at radius 1 is 0.824 bits per heavy atom. The van der Waals surface area contributed by atoms with Crippen molar-refractivity contribution in [2.24, 2.45) is 56.2 Å². The number of rotatable bonds is 1. The van der Waals surface area contributed by atoms with Gasteiger partial charge in [-0.2, -0.15) is 0 Å². The van der Waals surface area contributed by atoms with Crippen LogP contribution >= 0.6 is 0 Å². The Morgan fingerprint density at radius 2 is 1.50 bits per heavy atom. The lowest BCUT2D eigenvalue weighted by Gasteiger charge is -2.71. The molecule has 2 N–H and O–H groups in total. The van der Waals surface area contributed by atoms with Crippen LogP contribution in [0.15, 0.2) is 0 Å². The molecule has 34 heavy (non-hydrogen) atoms. The van der Waals surface area contributed by atoms with E-state index in [4.69, 9.17) is 4.74 Å². The van der Waals surface area contributed by atoms with Crippen molar-refractivity contribution in [1.29, 1.82) is 0 Å². The molecule has 6 aliphatic rings. The molecule has 0 radical (unpaired) electrons. The highest BCUT2D eigenvalue weighted by molar-refractivity contribution is 5.79. The van der Waals surface area contributed by atoms with Gasteiger partial charge in [-0.15, -0.1) is 0 Å². The summed E-state index contributed by atoms with van der Waals surface area (Å²) in [6, 6.07) is 0. The van der Waals surface area contributed by atoms with E-state index in [2.05, 4.69) is 34.6 Å². The molecule has 0 aromatic carbocycles. The Kier molecular flexibility index (Phi) is 4.50. The molecule has 6 fully saturated rings. The Hall–Kier alpha value is -0.610. The van der Waals surface area contributed by atoms with Gasteiger partial charge in [0, 0.05) is 5.41 Å². The lowest BCUT2D eigenvalue weighted by atomic mass is 9.33. The average Bonchev–Trinajstić information content (AvgIpc) is 3.15. The minimum atomic E-state index is -1.63. The van der Waals surface area contributed by atoms with Crippen LogP contribution in [0, 0.1) is 56.2 Å². The summed E-state index contributed by atoms with van der Waals surface area (Å²) in [4.78, 5) is 12.4. The Balaban J connectivity index is 1.41. The predicted molar refractivity (Wildman–Crippen MR) is 132 cm³/mol. The summed E-state index contributed by atoms with van der Waals surface area (Å²) in [6.45, 7) is 17.4. The molecule has 10 atom stereocenters. The van der Waals surface area contributed by atoms with Gasteiger partial charge in [0.05, 0.1) is 12.7 Å². The number of carboxylic acid groups (broad SMARTS) is 1. The maximum absolute atomic E-state index is 12.4. The van der Waals surface area contributed by atoms with Crippen LogP contribution in [0.1, 0.15) is 106 Å². The van der Waals surface area contributed by atoms with Crippen molar-refractivity contribution in [1.82, 2.24) is 0 Å². The predicted octanol–water partition coefficient (Wildman–Crippen LogP) is 6.30. The summed E-state index contributed by atoms with van der Waals surface area (Å²) < 4.78 is 6.66. The van der Waals surface area contributed by atoms with Gasteiger partial charge in [0.1, 0.15) is 0 Å². The molecular formula is C30H48O4. The van der Waals surface area contributed by atoms with Gasteiger partial charge in [0.25, 0.3) is 0 Å². The molecule has 0 aromatic rings. The van der Waals surface area contributed by atoms with E-state index < -0.39 is 17.0 Å². The highest BCUT2D eigenvalue weighted by atomic mass is 16.5. The Morgan fingerprint density at radius 3 is 2.18 bits per heavy atom. The summed E-state index contributed by atoms with van der Waals surface area (Å²) in [5.74, 6) is 1.07. The minimum absolute atomic E-state index is 0.131. The van der Waals surface area contributed by atoms with Gasteiger partial charge in [-0.1, -0.05) is 48.5 Å². The molecule has 0 amide bonds. The van der Waals surface area contributed by atoms with E-state index in [1.165, 1.54) is 44.9 Å². The molecule has 4 nitrogen and oxygen atoms in total. The number of hydrogen-bond donors (Lipinski definition) is 2. The van der Waals surface area contributed by atoms with Crippen molar-refractivity contribution in [3.63, 3.8) is 0 Å². The van der Waals surface area contributed by atoms with Crippen LogP contribution < -0.4 is 0 Å². The first-order valence-electron chi connectivity index (χ1n) is 14.2. The second-order valence-electron chi connectivity index (χ2n) is 15.8. The van der Waals surface area contributed by atoms with Crippen molar-refractivity contribution in [2.45, 2.75) is 118 Å². The number of hydrogen-bond acceptors (Lipinski definition) is 3. The molecule has 1 saturated heterocycles. The first-order valence-corrected chi connectivity index (χ1v) is 14.2. The number of carboxylic acids is 1. The van der Waals surface area contributed by atoms with E-state index in [0.29, 0.717) is 35.7 Å². The van der Waals surface area contributed by atoms with Gasteiger partial charge in [-0.3, -0.25) is 0 Å². The second-order valence-corrected chi connectivity index (χ2v) is 15.8. The molecule has 1 heterocycles. The monoisotopic (exact) mass is 472 g/mol. The van der Waals surface area contributed by atoms with Crippen LogP contribution in [0.5, 0.6) is 0 Å². The van der Waals surface area contributed by atoms with Gasteiger partial charge in [-0.25, -0.2) is 4.79 Å². The largest absolute Gasteiger partial charge is 0.479 e. The fraction of sp³-hybridized carbons (Fsp3) is 0.967. The third-order valence-electron chi connectivity index (χ3n) is 14.3. The first kappa shape index (κ1) is 23.8. The van der Waals surface area contributed by atoms with Crippen molar-refractivity contribution < 1.29 is 19.7 Å². The highest BCUT2D eigenvalue weighted by Crippen LogP contribution is 2.79. The molecule has 7 unspecified atom stereocenters. The fourth-order valence-corrected chi connectivity index (χ4v) is 12.2.